The van der Waals surface area contributed by atoms with Crippen molar-refractivity contribution in [3.8, 4) is 0 Å². The van der Waals surface area contributed by atoms with Gasteiger partial charge in [-0.3, -0.25) is 4.79 Å². The molecule has 3 saturated heterocycles. The molecule has 3 aliphatic rings. The molecular weight excluding hydrogens is 228 g/mol. The summed E-state index contributed by atoms with van der Waals surface area (Å²) >= 11 is 0. The molecule has 1 amide bonds. The van der Waals surface area contributed by atoms with Crippen molar-refractivity contribution >= 4 is 5.91 Å². The number of nitrogens with one attached hydrogen (secondary N) is 2. The maximum Gasteiger partial charge on any atom is 0.223 e. The second kappa shape index (κ2) is 5.57. The van der Waals surface area contributed by atoms with E-state index in [1.807, 2.05) is 0 Å². The minimum absolute atomic E-state index is 0.192. The molecular formula is C14H24N2O2. The fourth-order valence-corrected chi connectivity index (χ4v) is 3.69. The van der Waals surface area contributed by atoms with Gasteiger partial charge in [0.1, 0.15) is 0 Å². The fourth-order valence-electron chi connectivity index (χ4n) is 3.69. The number of carbonyl (C=O) groups excluding carboxylic acids is 1. The van der Waals surface area contributed by atoms with E-state index in [9.17, 15) is 4.79 Å². The molecule has 0 aromatic rings. The standard InChI is InChI=1S/C14H24N2O2/c17-14(11-3-5-18-6-4-11)15-9-10-7-12-1-2-13(8-10)16-12/h10-13,16H,1-9H2,(H,15,17). The van der Waals surface area contributed by atoms with Crippen LogP contribution in [0.2, 0.25) is 0 Å². The molecule has 3 aliphatic heterocycles. The largest absolute Gasteiger partial charge is 0.381 e. The van der Waals surface area contributed by atoms with Gasteiger partial charge in [-0.15, -0.1) is 0 Å². The van der Waals surface area contributed by atoms with E-state index in [0.717, 1.165) is 32.6 Å². The zero-order valence-electron chi connectivity index (χ0n) is 11.0. The van der Waals surface area contributed by atoms with Gasteiger partial charge in [-0.2, -0.15) is 0 Å². The number of ether oxygens (including phenoxy) is 1. The Labute approximate surface area is 109 Å². The third-order valence-corrected chi connectivity index (χ3v) is 4.73. The third kappa shape index (κ3) is 2.86. The smallest absolute Gasteiger partial charge is 0.223 e. The van der Waals surface area contributed by atoms with Crippen molar-refractivity contribution in [3.05, 3.63) is 0 Å². The quantitative estimate of drug-likeness (QED) is 0.789. The van der Waals surface area contributed by atoms with Gasteiger partial charge in [0.15, 0.2) is 0 Å². The maximum atomic E-state index is 12.0. The van der Waals surface area contributed by atoms with Crippen LogP contribution in [-0.4, -0.2) is 37.7 Å². The molecule has 2 atom stereocenters. The van der Waals surface area contributed by atoms with Crippen LogP contribution < -0.4 is 10.6 Å². The lowest BCUT2D eigenvalue weighted by molar-refractivity contribution is -0.128. The fraction of sp³-hybridized carbons (Fsp3) is 0.929. The van der Waals surface area contributed by atoms with Crippen LogP contribution in [0, 0.1) is 11.8 Å². The topological polar surface area (TPSA) is 50.4 Å². The predicted molar refractivity (Wildman–Crippen MR) is 69.2 cm³/mol. The zero-order valence-corrected chi connectivity index (χ0v) is 11.0. The molecule has 3 fully saturated rings. The Morgan fingerprint density at radius 1 is 1.11 bits per heavy atom. The van der Waals surface area contributed by atoms with Crippen LogP contribution in [0.25, 0.3) is 0 Å². The summed E-state index contributed by atoms with van der Waals surface area (Å²) in [5.74, 6) is 1.13. The number of piperidine rings is 1. The average molecular weight is 252 g/mol. The van der Waals surface area contributed by atoms with Crippen molar-refractivity contribution in [2.75, 3.05) is 19.8 Å². The molecule has 0 aliphatic carbocycles. The van der Waals surface area contributed by atoms with Crippen LogP contribution in [-0.2, 0) is 9.53 Å². The molecule has 4 heteroatoms. The average Bonchev–Trinajstić information content (AvgIpc) is 2.76. The van der Waals surface area contributed by atoms with Gasteiger partial charge in [0, 0.05) is 37.8 Å². The Balaban J connectivity index is 1.42. The lowest BCUT2D eigenvalue weighted by Gasteiger charge is -2.30. The van der Waals surface area contributed by atoms with Crippen LogP contribution in [0.4, 0.5) is 0 Å². The highest BCUT2D eigenvalue weighted by atomic mass is 16.5. The number of amides is 1. The van der Waals surface area contributed by atoms with E-state index in [0.29, 0.717) is 18.0 Å². The molecule has 102 valence electrons. The van der Waals surface area contributed by atoms with E-state index in [4.69, 9.17) is 4.74 Å². The van der Waals surface area contributed by atoms with Crippen LogP contribution in [0.3, 0.4) is 0 Å². The molecule has 18 heavy (non-hydrogen) atoms. The summed E-state index contributed by atoms with van der Waals surface area (Å²) in [5.41, 5.74) is 0. The lowest BCUT2D eigenvalue weighted by Crippen LogP contribution is -2.43. The monoisotopic (exact) mass is 252 g/mol. The van der Waals surface area contributed by atoms with Crippen LogP contribution in [0.5, 0.6) is 0 Å². The van der Waals surface area contributed by atoms with Crippen molar-refractivity contribution in [3.63, 3.8) is 0 Å². The van der Waals surface area contributed by atoms with Gasteiger partial charge in [-0.25, -0.2) is 0 Å². The van der Waals surface area contributed by atoms with Gasteiger partial charge in [-0.1, -0.05) is 0 Å². The molecule has 3 heterocycles. The second-order valence-corrected chi connectivity index (χ2v) is 6.11. The van der Waals surface area contributed by atoms with Crippen molar-refractivity contribution in [1.29, 1.82) is 0 Å². The van der Waals surface area contributed by atoms with Gasteiger partial charge in [0.2, 0.25) is 5.91 Å². The summed E-state index contributed by atoms with van der Waals surface area (Å²) in [4.78, 5) is 12.0. The van der Waals surface area contributed by atoms with E-state index in [2.05, 4.69) is 10.6 Å². The van der Waals surface area contributed by atoms with E-state index in [-0.39, 0.29) is 11.8 Å². The summed E-state index contributed by atoms with van der Waals surface area (Å²) in [7, 11) is 0. The van der Waals surface area contributed by atoms with Gasteiger partial charge in [-0.05, 0) is 44.4 Å². The minimum atomic E-state index is 0.192. The van der Waals surface area contributed by atoms with Crippen molar-refractivity contribution in [2.45, 2.75) is 50.6 Å². The summed E-state index contributed by atoms with van der Waals surface area (Å²) in [5, 5.41) is 6.81. The van der Waals surface area contributed by atoms with Crippen LogP contribution >= 0.6 is 0 Å². The highest BCUT2D eigenvalue weighted by Gasteiger charge is 2.33. The van der Waals surface area contributed by atoms with E-state index >= 15 is 0 Å². The first-order chi connectivity index (χ1) is 8.81. The molecule has 2 bridgehead atoms. The second-order valence-electron chi connectivity index (χ2n) is 6.11. The first kappa shape index (κ1) is 12.4. The van der Waals surface area contributed by atoms with Crippen LogP contribution in [0.1, 0.15) is 38.5 Å². The van der Waals surface area contributed by atoms with E-state index in [1.54, 1.807) is 0 Å². The number of hydrogen-bond acceptors (Lipinski definition) is 3. The first-order valence-corrected chi connectivity index (χ1v) is 7.43. The van der Waals surface area contributed by atoms with Crippen molar-refractivity contribution in [2.24, 2.45) is 11.8 Å². The molecule has 0 spiro atoms. The Bertz CT molecular complexity index is 290. The van der Waals surface area contributed by atoms with Crippen molar-refractivity contribution < 1.29 is 9.53 Å². The Morgan fingerprint density at radius 3 is 2.44 bits per heavy atom. The lowest BCUT2D eigenvalue weighted by atomic mass is 9.92. The highest BCUT2D eigenvalue weighted by molar-refractivity contribution is 5.78. The van der Waals surface area contributed by atoms with Gasteiger partial charge >= 0.3 is 0 Å². The molecule has 0 aromatic carbocycles. The normalized spacial score (nSPS) is 36.6. The Kier molecular flexibility index (Phi) is 3.85. The molecule has 4 nitrogen and oxygen atoms in total. The number of fused-ring (bicyclic) bond motifs is 2. The van der Waals surface area contributed by atoms with Gasteiger partial charge in [0.05, 0.1) is 0 Å². The number of carbonyl (C=O) groups is 1. The van der Waals surface area contributed by atoms with E-state index in [1.165, 1.54) is 25.7 Å². The minimum Gasteiger partial charge on any atom is -0.381 e. The van der Waals surface area contributed by atoms with Gasteiger partial charge < -0.3 is 15.4 Å². The van der Waals surface area contributed by atoms with Crippen LogP contribution in [0.15, 0.2) is 0 Å². The Hall–Kier alpha value is -0.610. The molecule has 0 radical (unpaired) electrons. The number of hydrogen-bond donors (Lipinski definition) is 2. The highest BCUT2D eigenvalue weighted by Crippen LogP contribution is 2.30. The Morgan fingerprint density at radius 2 is 1.78 bits per heavy atom. The first-order valence-electron chi connectivity index (χ1n) is 7.43. The predicted octanol–water partition coefficient (Wildman–Crippen LogP) is 1.06. The van der Waals surface area contributed by atoms with E-state index < -0.39 is 0 Å². The zero-order chi connectivity index (χ0) is 12.4. The molecule has 2 unspecified atom stereocenters. The third-order valence-electron chi connectivity index (χ3n) is 4.73. The summed E-state index contributed by atoms with van der Waals surface area (Å²) < 4.78 is 5.29. The molecule has 0 saturated carbocycles. The molecule has 0 aromatic heterocycles. The maximum absolute atomic E-state index is 12.0. The summed E-state index contributed by atoms with van der Waals surface area (Å²) in [6, 6.07) is 1.43. The molecule has 2 N–H and O–H groups in total. The number of rotatable bonds is 3. The summed E-state index contributed by atoms with van der Waals surface area (Å²) in [6.07, 6.45) is 6.92. The molecule has 3 rings (SSSR count). The van der Waals surface area contributed by atoms with Crippen molar-refractivity contribution in [1.82, 2.24) is 10.6 Å². The van der Waals surface area contributed by atoms with Gasteiger partial charge in [0.25, 0.3) is 0 Å². The SMILES string of the molecule is O=C(NCC1CC2CCC(C1)N2)C1CCOCC1. The summed E-state index contributed by atoms with van der Waals surface area (Å²) in [6.45, 7) is 2.37.